The summed E-state index contributed by atoms with van der Waals surface area (Å²) in [7, 11) is 0. The molecule has 4 nitrogen and oxygen atoms in total. The summed E-state index contributed by atoms with van der Waals surface area (Å²) in [5.74, 6) is 1.06. The summed E-state index contributed by atoms with van der Waals surface area (Å²) in [5.41, 5.74) is 8.53. The van der Waals surface area contributed by atoms with Gasteiger partial charge in [-0.05, 0) is 37.1 Å². The second kappa shape index (κ2) is 4.18. The molecule has 0 saturated heterocycles. The maximum Gasteiger partial charge on any atom is 0.239 e. The van der Waals surface area contributed by atoms with Gasteiger partial charge in [-0.15, -0.1) is 5.10 Å². The van der Waals surface area contributed by atoms with Gasteiger partial charge < -0.3 is 10.5 Å². The molecule has 0 bridgehead atoms. The average molecular weight is 215 g/mol. The van der Waals surface area contributed by atoms with Crippen LogP contribution in [0.2, 0.25) is 0 Å². The monoisotopic (exact) mass is 215 g/mol. The van der Waals surface area contributed by atoms with Crippen LogP contribution in [0.25, 0.3) is 0 Å². The summed E-state index contributed by atoms with van der Waals surface area (Å²) in [4.78, 5) is 0. The maximum absolute atomic E-state index is 5.83. The molecule has 1 aromatic carbocycles. The van der Waals surface area contributed by atoms with Crippen LogP contribution in [-0.2, 0) is 0 Å². The number of ether oxygens (including phenoxy) is 1. The lowest BCUT2D eigenvalue weighted by atomic mass is 10.2. The Morgan fingerprint density at radius 2 is 1.94 bits per heavy atom. The molecule has 4 heteroatoms. The predicted molar refractivity (Wildman–Crippen MR) is 62.4 cm³/mol. The number of anilines is 1. The van der Waals surface area contributed by atoms with E-state index in [1.165, 1.54) is 0 Å². The van der Waals surface area contributed by atoms with Gasteiger partial charge >= 0.3 is 0 Å². The Balaban J connectivity index is 2.27. The first-order valence-corrected chi connectivity index (χ1v) is 4.98. The van der Waals surface area contributed by atoms with E-state index < -0.39 is 0 Å². The third kappa shape index (κ3) is 2.28. The molecule has 0 amide bonds. The Labute approximate surface area is 94.1 Å². The lowest BCUT2D eigenvalue weighted by Crippen LogP contribution is -1.95. The van der Waals surface area contributed by atoms with Crippen LogP contribution in [0.1, 0.15) is 11.1 Å². The largest absolute Gasteiger partial charge is 0.435 e. The van der Waals surface area contributed by atoms with E-state index in [-0.39, 0.29) is 0 Å². The van der Waals surface area contributed by atoms with Crippen molar-refractivity contribution in [2.45, 2.75) is 13.8 Å². The van der Waals surface area contributed by atoms with Crippen molar-refractivity contribution in [1.82, 2.24) is 10.2 Å². The quantitative estimate of drug-likeness (QED) is 0.782. The molecule has 0 unspecified atom stereocenters. The van der Waals surface area contributed by atoms with Gasteiger partial charge in [0.2, 0.25) is 5.88 Å². The molecular weight excluding hydrogens is 202 g/mol. The van der Waals surface area contributed by atoms with E-state index >= 15 is 0 Å². The lowest BCUT2D eigenvalue weighted by molar-refractivity contribution is 0.456. The van der Waals surface area contributed by atoms with Gasteiger partial charge in [0.25, 0.3) is 0 Å². The van der Waals surface area contributed by atoms with Crippen LogP contribution >= 0.6 is 0 Å². The maximum atomic E-state index is 5.83. The molecule has 0 atom stereocenters. The molecule has 2 N–H and O–H groups in total. The lowest BCUT2D eigenvalue weighted by Gasteiger charge is -2.07. The van der Waals surface area contributed by atoms with Gasteiger partial charge in [-0.1, -0.05) is 6.07 Å². The molecule has 0 aliphatic rings. The SMILES string of the molecule is Cc1cnnc(Oc2ccc(C)cc2N)c1. The summed E-state index contributed by atoms with van der Waals surface area (Å²) in [6, 6.07) is 7.44. The number of nitrogens with two attached hydrogens (primary N) is 1. The number of aromatic nitrogens is 2. The first-order chi connectivity index (χ1) is 7.65. The van der Waals surface area contributed by atoms with Crippen LogP contribution in [0.4, 0.5) is 5.69 Å². The molecule has 82 valence electrons. The molecule has 0 aliphatic heterocycles. The molecule has 0 saturated carbocycles. The van der Waals surface area contributed by atoms with Crippen molar-refractivity contribution in [1.29, 1.82) is 0 Å². The molecule has 0 spiro atoms. The molecule has 2 aromatic rings. The Hall–Kier alpha value is -2.10. The molecule has 16 heavy (non-hydrogen) atoms. The Morgan fingerprint density at radius 1 is 1.12 bits per heavy atom. The number of nitrogens with zero attached hydrogens (tertiary/aromatic N) is 2. The Bertz CT molecular complexity index is 511. The normalized spacial score (nSPS) is 10.1. The summed E-state index contributed by atoms with van der Waals surface area (Å²) < 4.78 is 5.55. The third-order valence-electron chi connectivity index (χ3n) is 2.15. The molecule has 0 fully saturated rings. The topological polar surface area (TPSA) is 61.0 Å². The zero-order valence-corrected chi connectivity index (χ0v) is 9.27. The van der Waals surface area contributed by atoms with Crippen LogP contribution in [0.15, 0.2) is 30.5 Å². The van der Waals surface area contributed by atoms with E-state index in [1.807, 2.05) is 38.1 Å². The average Bonchev–Trinajstić information content (AvgIpc) is 2.22. The first-order valence-electron chi connectivity index (χ1n) is 4.98. The number of benzene rings is 1. The summed E-state index contributed by atoms with van der Waals surface area (Å²) in [6.07, 6.45) is 1.67. The van der Waals surface area contributed by atoms with Crippen LogP contribution in [0.3, 0.4) is 0 Å². The summed E-state index contributed by atoms with van der Waals surface area (Å²) in [5, 5.41) is 7.68. The number of hydrogen-bond donors (Lipinski definition) is 1. The highest BCUT2D eigenvalue weighted by Crippen LogP contribution is 2.26. The van der Waals surface area contributed by atoms with Gasteiger partial charge in [-0.2, -0.15) is 5.10 Å². The number of nitrogen functional groups attached to an aromatic ring is 1. The molecule has 0 aliphatic carbocycles. The van der Waals surface area contributed by atoms with Crippen molar-refractivity contribution < 1.29 is 4.74 Å². The minimum absolute atomic E-state index is 0.454. The third-order valence-corrected chi connectivity index (χ3v) is 2.15. The molecule has 1 aromatic heterocycles. The first kappa shape index (κ1) is 10.4. The van der Waals surface area contributed by atoms with Crippen molar-refractivity contribution in [3.05, 3.63) is 41.6 Å². The zero-order valence-electron chi connectivity index (χ0n) is 9.27. The predicted octanol–water partition coefficient (Wildman–Crippen LogP) is 2.47. The Morgan fingerprint density at radius 3 is 2.62 bits per heavy atom. The van der Waals surface area contributed by atoms with Crippen molar-refractivity contribution in [2.24, 2.45) is 0 Å². The fourth-order valence-corrected chi connectivity index (χ4v) is 1.36. The molecule has 0 radical (unpaired) electrons. The second-order valence-electron chi connectivity index (χ2n) is 3.71. The van der Waals surface area contributed by atoms with Crippen LogP contribution in [-0.4, -0.2) is 10.2 Å². The smallest absolute Gasteiger partial charge is 0.239 e. The number of rotatable bonds is 2. The van der Waals surface area contributed by atoms with Crippen LogP contribution in [0, 0.1) is 13.8 Å². The van der Waals surface area contributed by atoms with Crippen molar-refractivity contribution in [3.8, 4) is 11.6 Å². The van der Waals surface area contributed by atoms with E-state index in [0.29, 0.717) is 17.3 Å². The van der Waals surface area contributed by atoms with E-state index in [1.54, 1.807) is 6.20 Å². The van der Waals surface area contributed by atoms with Crippen molar-refractivity contribution in [2.75, 3.05) is 5.73 Å². The van der Waals surface area contributed by atoms with E-state index in [4.69, 9.17) is 10.5 Å². The zero-order chi connectivity index (χ0) is 11.5. The second-order valence-corrected chi connectivity index (χ2v) is 3.71. The fourth-order valence-electron chi connectivity index (χ4n) is 1.36. The minimum Gasteiger partial charge on any atom is -0.435 e. The van der Waals surface area contributed by atoms with E-state index in [0.717, 1.165) is 11.1 Å². The van der Waals surface area contributed by atoms with Gasteiger partial charge in [-0.25, -0.2) is 0 Å². The van der Waals surface area contributed by atoms with Crippen LogP contribution < -0.4 is 10.5 Å². The number of hydrogen-bond acceptors (Lipinski definition) is 4. The fraction of sp³-hybridized carbons (Fsp3) is 0.167. The minimum atomic E-state index is 0.454. The van der Waals surface area contributed by atoms with Gasteiger partial charge in [0.15, 0.2) is 5.75 Å². The summed E-state index contributed by atoms with van der Waals surface area (Å²) >= 11 is 0. The van der Waals surface area contributed by atoms with Gasteiger partial charge in [0.1, 0.15) is 0 Å². The molecule has 1 heterocycles. The van der Waals surface area contributed by atoms with E-state index in [9.17, 15) is 0 Å². The summed E-state index contributed by atoms with van der Waals surface area (Å²) in [6.45, 7) is 3.91. The van der Waals surface area contributed by atoms with Crippen molar-refractivity contribution in [3.63, 3.8) is 0 Å². The highest BCUT2D eigenvalue weighted by molar-refractivity contribution is 5.55. The highest BCUT2D eigenvalue weighted by Gasteiger charge is 2.03. The standard InChI is InChI=1S/C12H13N3O/c1-8-3-4-11(10(13)5-8)16-12-6-9(2)7-14-15-12/h3-7H,13H2,1-2H3. The van der Waals surface area contributed by atoms with Gasteiger partial charge in [0.05, 0.1) is 11.9 Å². The highest BCUT2D eigenvalue weighted by atomic mass is 16.5. The van der Waals surface area contributed by atoms with Gasteiger partial charge in [-0.3, -0.25) is 0 Å². The van der Waals surface area contributed by atoms with E-state index in [2.05, 4.69) is 10.2 Å². The number of aryl methyl sites for hydroxylation is 2. The molecule has 2 rings (SSSR count). The van der Waals surface area contributed by atoms with Crippen LogP contribution in [0.5, 0.6) is 11.6 Å². The van der Waals surface area contributed by atoms with Gasteiger partial charge in [0, 0.05) is 6.07 Å². The molecular formula is C12H13N3O. The van der Waals surface area contributed by atoms with Crippen molar-refractivity contribution >= 4 is 5.69 Å². The Kier molecular flexibility index (Phi) is 2.72.